The maximum absolute atomic E-state index is 14.7. The van der Waals surface area contributed by atoms with Crippen LogP contribution in [0.15, 0.2) is 47.1 Å². The van der Waals surface area contributed by atoms with E-state index in [-0.39, 0.29) is 5.91 Å². The van der Waals surface area contributed by atoms with Crippen molar-refractivity contribution in [2.75, 3.05) is 45.7 Å². The minimum atomic E-state index is -1.25. The first-order valence-corrected chi connectivity index (χ1v) is 14.3. The quantitative estimate of drug-likeness (QED) is 0.383. The van der Waals surface area contributed by atoms with E-state index in [0.717, 1.165) is 44.8 Å². The maximum atomic E-state index is 14.7. The van der Waals surface area contributed by atoms with Crippen LogP contribution in [0.4, 0.5) is 16.0 Å². The summed E-state index contributed by atoms with van der Waals surface area (Å²) in [6.07, 6.45) is 3.66. The first-order chi connectivity index (χ1) is 17.0. The average Bonchev–Trinajstić information content (AvgIpc) is 3.07. The second-order valence-electron chi connectivity index (χ2n) is 8.20. The number of amides is 1. The molecule has 2 aromatic carbocycles. The molecule has 0 aliphatic carbocycles. The summed E-state index contributed by atoms with van der Waals surface area (Å²) < 4.78 is 21.7. The third-order valence-corrected chi connectivity index (χ3v) is 10.2. The molecule has 0 saturated heterocycles. The molecule has 0 bridgehead atoms. The summed E-state index contributed by atoms with van der Waals surface area (Å²) >= 11 is 2.25. The number of halogens is 2. The van der Waals surface area contributed by atoms with E-state index < -0.39 is 21.6 Å². The van der Waals surface area contributed by atoms with Gasteiger partial charge in [-0.2, -0.15) is 0 Å². The van der Waals surface area contributed by atoms with Crippen LogP contribution in [0, 0.1) is 5.82 Å². The van der Waals surface area contributed by atoms with Crippen molar-refractivity contribution < 1.29 is 13.9 Å². The van der Waals surface area contributed by atoms with Crippen LogP contribution in [-0.2, 0) is 17.6 Å². The number of aromatic nitrogens is 2. The number of hydrogen-bond acceptors (Lipinski definition) is 6. The molecule has 2 heterocycles. The van der Waals surface area contributed by atoms with Crippen LogP contribution in [0.1, 0.15) is 21.5 Å². The second-order valence-corrected chi connectivity index (χ2v) is 11.6. The number of nitrogens with one attached hydrogen (secondary N) is 2. The van der Waals surface area contributed by atoms with Crippen LogP contribution in [0.25, 0.3) is 0 Å². The van der Waals surface area contributed by atoms with E-state index >= 15 is 0 Å². The van der Waals surface area contributed by atoms with Gasteiger partial charge in [0.2, 0.25) is 0 Å². The van der Waals surface area contributed by atoms with Gasteiger partial charge in [-0.3, -0.25) is 0 Å². The Morgan fingerprint density at radius 2 is 2.03 bits per heavy atom. The van der Waals surface area contributed by atoms with Crippen molar-refractivity contribution in [3.05, 3.63) is 69.6 Å². The van der Waals surface area contributed by atoms with Crippen molar-refractivity contribution in [2.45, 2.75) is 12.8 Å². The summed E-state index contributed by atoms with van der Waals surface area (Å²) in [6.45, 7) is 3.71. The van der Waals surface area contributed by atoms with E-state index in [1.165, 1.54) is 24.2 Å². The first kappa shape index (κ1) is 25.8. The minimum absolute atomic E-state index is 0.308. The van der Waals surface area contributed by atoms with Crippen molar-refractivity contribution in [3.8, 4) is 0 Å². The van der Waals surface area contributed by atoms with Crippen molar-refractivity contribution in [2.24, 2.45) is 0 Å². The number of ether oxygens (including phenoxy) is 1. The molecule has 0 spiro atoms. The SMILES string of the molecule is CNC(=O)c1cccc(F)c1[AsH]c1nc(Nc2ccc3c(c2)CCN(CCOC)CC3)ncc1Br. The number of hydrogen-bond donors (Lipinski definition) is 2. The Balaban J connectivity index is 1.52. The predicted molar refractivity (Wildman–Crippen MR) is 141 cm³/mol. The molecule has 0 radical (unpaired) electrons. The number of benzene rings is 2. The molecule has 2 N–H and O–H groups in total. The van der Waals surface area contributed by atoms with Crippen molar-refractivity contribution >= 4 is 58.1 Å². The topological polar surface area (TPSA) is 79.4 Å². The molecule has 184 valence electrons. The number of rotatable bonds is 8. The van der Waals surface area contributed by atoms with E-state index in [1.807, 2.05) is 6.07 Å². The van der Waals surface area contributed by atoms with E-state index in [0.29, 0.717) is 24.8 Å². The predicted octanol–water partition coefficient (Wildman–Crippen LogP) is 1.92. The Labute approximate surface area is 219 Å². The Bertz CT molecular complexity index is 1210. The van der Waals surface area contributed by atoms with E-state index in [9.17, 15) is 9.18 Å². The molecule has 1 atom stereocenters. The molecule has 35 heavy (non-hydrogen) atoms. The average molecular weight is 604 g/mol. The molecule has 10 heteroatoms. The van der Waals surface area contributed by atoms with Crippen LogP contribution >= 0.6 is 15.9 Å². The van der Waals surface area contributed by atoms with E-state index in [4.69, 9.17) is 4.74 Å². The second kappa shape index (κ2) is 12.1. The normalized spacial score (nSPS) is 14.1. The van der Waals surface area contributed by atoms with Gasteiger partial charge in [0, 0.05) is 7.11 Å². The number of carbonyl (C=O) groups is 1. The molecule has 7 nitrogen and oxygen atoms in total. The van der Waals surface area contributed by atoms with Crippen LogP contribution in [0.3, 0.4) is 0 Å². The van der Waals surface area contributed by atoms with Gasteiger partial charge in [-0.1, -0.05) is 0 Å². The van der Waals surface area contributed by atoms with Gasteiger partial charge in [-0.15, -0.1) is 0 Å². The Morgan fingerprint density at radius 3 is 2.80 bits per heavy atom. The van der Waals surface area contributed by atoms with Gasteiger partial charge < -0.3 is 4.74 Å². The molecule has 4 rings (SSSR count). The van der Waals surface area contributed by atoms with E-state index in [2.05, 4.69) is 53.6 Å². The Kier molecular flexibility index (Phi) is 8.89. The zero-order valence-electron chi connectivity index (χ0n) is 19.7. The molecule has 1 amide bonds. The summed E-state index contributed by atoms with van der Waals surface area (Å²) in [4.78, 5) is 23.8. The fourth-order valence-corrected chi connectivity index (χ4v) is 7.08. The Hall–Kier alpha value is -2.32. The van der Waals surface area contributed by atoms with Crippen LogP contribution in [0.5, 0.6) is 0 Å². The van der Waals surface area contributed by atoms with Crippen molar-refractivity contribution in [1.82, 2.24) is 20.2 Å². The molecule has 1 aliphatic heterocycles. The van der Waals surface area contributed by atoms with Gasteiger partial charge in [0.25, 0.3) is 0 Å². The number of fused-ring (bicyclic) bond motifs is 1. The van der Waals surface area contributed by atoms with Crippen molar-refractivity contribution in [1.29, 1.82) is 0 Å². The number of carbonyl (C=O) groups excluding carboxylic acids is 1. The molecular weight excluding hydrogens is 576 g/mol. The molecule has 1 unspecified atom stereocenters. The summed E-state index contributed by atoms with van der Waals surface area (Å²) in [5, 5.41) is 5.89. The third kappa shape index (κ3) is 6.47. The summed E-state index contributed by atoms with van der Waals surface area (Å²) in [6, 6.07) is 10.9. The third-order valence-electron chi connectivity index (χ3n) is 5.94. The standard InChI is InChI=1S/C25H28AsBrFN5O2/c1-29-24(34)19-4-3-5-21(28)22(19)26-23-20(27)15-30-25(32-23)31-18-7-6-16-8-10-33(12-13-35-2)11-9-17(16)14-18/h3-7,14-15,26H,8-13H2,1-2H3,(H,29,34)(H,30,31,32). The van der Waals surface area contributed by atoms with Gasteiger partial charge in [0.15, 0.2) is 0 Å². The molecule has 1 aromatic heterocycles. The summed E-state index contributed by atoms with van der Waals surface area (Å²) in [7, 11) is 3.27. The monoisotopic (exact) mass is 603 g/mol. The van der Waals surface area contributed by atoms with Crippen molar-refractivity contribution in [3.63, 3.8) is 0 Å². The van der Waals surface area contributed by atoms with Gasteiger partial charge in [-0.05, 0) is 0 Å². The number of anilines is 2. The fourth-order valence-electron chi connectivity index (χ4n) is 4.03. The zero-order valence-corrected chi connectivity index (χ0v) is 23.4. The van der Waals surface area contributed by atoms with E-state index in [1.54, 1.807) is 25.4 Å². The van der Waals surface area contributed by atoms with Crippen LogP contribution in [0.2, 0.25) is 0 Å². The first-order valence-electron chi connectivity index (χ1n) is 11.4. The van der Waals surface area contributed by atoms with Gasteiger partial charge in [0.1, 0.15) is 0 Å². The molecule has 0 saturated carbocycles. The van der Waals surface area contributed by atoms with Gasteiger partial charge in [-0.25, -0.2) is 0 Å². The molecular formula is C25H28AsBrFN5O2. The van der Waals surface area contributed by atoms with Gasteiger partial charge >= 0.3 is 208 Å². The van der Waals surface area contributed by atoms with Crippen LogP contribution in [-0.4, -0.2) is 76.9 Å². The van der Waals surface area contributed by atoms with Crippen LogP contribution < -0.4 is 19.5 Å². The zero-order chi connectivity index (χ0) is 24.8. The fraction of sp³-hybridized carbons (Fsp3) is 0.320. The number of methoxy groups -OCH3 is 1. The molecule has 3 aromatic rings. The summed E-state index contributed by atoms with van der Waals surface area (Å²) in [5.41, 5.74) is 3.94. The van der Waals surface area contributed by atoms with Gasteiger partial charge in [0.05, 0.1) is 0 Å². The molecule has 1 aliphatic rings. The Morgan fingerprint density at radius 1 is 1.23 bits per heavy atom. The summed E-state index contributed by atoms with van der Waals surface area (Å²) in [5.74, 6) is -0.256. The molecule has 0 fully saturated rings. The number of nitrogens with zero attached hydrogens (tertiary/aromatic N) is 3.